The van der Waals surface area contributed by atoms with Crippen LogP contribution in [0, 0.1) is 0 Å². The Morgan fingerprint density at radius 1 is 1.26 bits per heavy atom. The second-order valence-corrected chi connectivity index (χ2v) is 6.63. The van der Waals surface area contributed by atoms with Gasteiger partial charge in [-0.2, -0.15) is 0 Å². The third-order valence-electron chi connectivity index (χ3n) is 4.54. The van der Waals surface area contributed by atoms with Crippen molar-refractivity contribution in [1.29, 1.82) is 0 Å². The summed E-state index contributed by atoms with van der Waals surface area (Å²) in [5.41, 5.74) is 4.88. The Hall–Kier alpha value is -1.77. The van der Waals surface area contributed by atoms with Crippen molar-refractivity contribution in [2.75, 3.05) is 11.9 Å². The van der Waals surface area contributed by atoms with E-state index in [2.05, 4.69) is 55.7 Å². The lowest BCUT2D eigenvalue weighted by atomic mass is 9.96. The summed E-state index contributed by atoms with van der Waals surface area (Å²) in [6.45, 7) is 7.15. The highest BCUT2D eigenvalue weighted by Crippen LogP contribution is 2.28. The van der Waals surface area contributed by atoms with Gasteiger partial charge in [0.25, 0.3) is 0 Å². The molecule has 0 atom stereocenters. The summed E-state index contributed by atoms with van der Waals surface area (Å²) in [7, 11) is 0. The SMILES string of the molecule is CCc1cccc(C(C)C)c1NC(=O)NCCC1=CCCCC1. The van der Waals surface area contributed by atoms with Crippen LogP contribution in [-0.4, -0.2) is 12.6 Å². The van der Waals surface area contributed by atoms with Crippen molar-refractivity contribution in [1.82, 2.24) is 5.32 Å². The fourth-order valence-corrected chi connectivity index (χ4v) is 3.17. The van der Waals surface area contributed by atoms with Crippen molar-refractivity contribution >= 4 is 11.7 Å². The maximum absolute atomic E-state index is 12.3. The summed E-state index contributed by atoms with van der Waals surface area (Å²) < 4.78 is 0. The average Bonchev–Trinajstić information content (AvgIpc) is 2.55. The van der Waals surface area contributed by atoms with Crippen LogP contribution in [0.3, 0.4) is 0 Å². The molecule has 0 spiro atoms. The molecule has 0 fully saturated rings. The molecule has 0 aliphatic heterocycles. The van der Waals surface area contributed by atoms with E-state index in [0.717, 1.165) is 18.5 Å². The Balaban J connectivity index is 1.93. The summed E-state index contributed by atoms with van der Waals surface area (Å²) in [6, 6.07) is 6.18. The maximum atomic E-state index is 12.3. The topological polar surface area (TPSA) is 41.1 Å². The van der Waals surface area contributed by atoms with Gasteiger partial charge in [0.2, 0.25) is 0 Å². The molecule has 0 saturated carbocycles. The molecule has 3 nitrogen and oxygen atoms in total. The number of urea groups is 1. The Labute approximate surface area is 140 Å². The van der Waals surface area contributed by atoms with E-state index in [9.17, 15) is 4.79 Å². The van der Waals surface area contributed by atoms with E-state index in [0.29, 0.717) is 12.5 Å². The number of hydrogen-bond acceptors (Lipinski definition) is 1. The highest BCUT2D eigenvalue weighted by Gasteiger charge is 2.13. The molecular formula is C20H30N2O. The number of carbonyl (C=O) groups excluding carboxylic acids is 1. The van der Waals surface area contributed by atoms with Crippen LogP contribution in [0.1, 0.15) is 69.9 Å². The molecule has 2 amide bonds. The average molecular weight is 314 g/mol. The van der Waals surface area contributed by atoms with Gasteiger partial charge in [-0.3, -0.25) is 0 Å². The van der Waals surface area contributed by atoms with E-state index in [1.807, 2.05) is 0 Å². The second kappa shape index (κ2) is 8.76. The maximum Gasteiger partial charge on any atom is 0.319 e. The predicted molar refractivity (Wildman–Crippen MR) is 98.1 cm³/mol. The summed E-state index contributed by atoms with van der Waals surface area (Å²) in [4.78, 5) is 12.3. The Kier molecular flexibility index (Phi) is 6.69. The van der Waals surface area contributed by atoms with E-state index in [-0.39, 0.29) is 6.03 Å². The Morgan fingerprint density at radius 3 is 2.74 bits per heavy atom. The minimum absolute atomic E-state index is 0.0933. The molecule has 126 valence electrons. The van der Waals surface area contributed by atoms with Gasteiger partial charge in [-0.1, -0.05) is 50.6 Å². The van der Waals surface area contributed by atoms with Crippen LogP contribution in [0.25, 0.3) is 0 Å². The highest BCUT2D eigenvalue weighted by atomic mass is 16.2. The van der Waals surface area contributed by atoms with Crippen molar-refractivity contribution in [3.63, 3.8) is 0 Å². The smallest absolute Gasteiger partial charge is 0.319 e. The number of benzene rings is 1. The molecule has 0 radical (unpaired) electrons. The zero-order valence-corrected chi connectivity index (χ0v) is 14.7. The van der Waals surface area contributed by atoms with Crippen molar-refractivity contribution in [2.24, 2.45) is 0 Å². The van der Waals surface area contributed by atoms with Gasteiger partial charge in [0.15, 0.2) is 0 Å². The summed E-state index contributed by atoms with van der Waals surface area (Å²) in [6.07, 6.45) is 9.22. The van der Waals surface area contributed by atoms with Crippen LogP contribution in [0.15, 0.2) is 29.8 Å². The summed E-state index contributed by atoms with van der Waals surface area (Å²) in [5, 5.41) is 6.08. The molecule has 1 aliphatic rings. The van der Waals surface area contributed by atoms with Gasteiger partial charge in [-0.25, -0.2) is 4.79 Å². The monoisotopic (exact) mass is 314 g/mol. The first-order valence-corrected chi connectivity index (χ1v) is 8.96. The third-order valence-corrected chi connectivity index (χ3v) is 4.54. The molecule has 23 heavy (non-hydrogen) atoms. The van der Waals surface area contributed by atoms with E-state index in [4.69, 9.17) is 0 Å². The van der Waals surface area contributed by atoms with Gasteiger partial charge in [-0.05, 0) is 55.6 Å². The van der Waals surface area contributed by atoms with Gasteiger partial charge in [0, 0.05) is 12.2 Å². The van der Waals surface area contributed by atoms with Crippen LogP contribution in [0.2, 0.25) is 0 Å². The molecule has 0 aromatic heterocycles. The molecule has 0 bridgehead atoms. The lowest BCUT2D eigenvalue weighted by molar-refractivity contribution is 0.252. The van der Waals surface area contributed by atoms with E-state index in [1.54, 1.807) is 0 Å². The molecule has 1 aromatic rings. The molecular weight excluding hydrogens is 284 g/mol. The number of para-hydroxylation sites is 1. The largest absolute Gasteiger partial charge is 0.338 e. The number of allylic oxidation sites excluding steroid dienone is 1. The fraction of sp³-hybridized carbons (Fsp3) is 0.550. The zero-order valence-electron chi connectivity index (χ0n) is 14.7. The van der Waals surface area contributed by atoms with Gasteiger partial charge < -0.3 is 10.6 Å². The van der Waals surface area contributed by atoms with Crippen LogP contribution >= 0.6 is 0 Å². The van der Waals surface area contributed by atoms with Gasteiger partial charge >= 0.3 is 6.03 Å². The van der Waals surface area contributed by atoms with Crippen LogP contribution in [0.4, 0.5) is 10.5 Å². The summed E-state index contributed by atoms with van der Waals surface area (Å²) in [5.74, 6) is 0.393. The molecule has 0 unspecified atom stereocenters. The van der Waals surface area contributed by atoms with Crippen molar-refractivity contribution < 1.29 is 4.79 Å². The number of nitrogens with one attached hydrogen (secondary N) is 2. The fourth-order valence-electron chi connectivity index (χ4n) is 3.17. The third kappa shape index (κ3) is 5.12. The highest BCUT2D eigenvalue weighted by molar-refractivity contribution is 5.91. The zero-order chi connectivity index (χ0) is 16.7. The first-order valence-electron chi connectivity index (χ1n) is 8.96. The van der Waals surface area contributed by atoms with Crippen molar-refractivity contribution in [3.8, 4) is 0 Å². The van der Waals surface area contributed by atoms with Gasteiger partial charge in [-0.15, -0.1) is 0 Å². The Morgan fingerprint density at radius 2 is 2.09 bits per heavy atom. The standard InChI is InChI=1S/C20H30N2O/c1-4-17-11-8-12-18(15(2)3)19(17)22-20(23)21-14-13-16-9-6-5-7-10-16/h8-9,11-12,15H,4-7,10,13-14H2,1-3H3,(H2,21,22,23). The van der Waals surface area contributed by atoms with Crippen molar-refractivity contribution in [3.05, 3.63) is 41.0 Å². The molecule has 0 heterocycles. The normalized spacial score (nSPS) is 14.5. The minimum atomic E-state index is -0.0933. The molecule has 0 saturated heterocycles. The van der Waals surface area contributed by atoms with Crippen LogP contribution < -0.4 is 10.6 Å². The lowest BCUT2D eigenvalue weighted by Gasteiger charge is -2.18. The van der Waals surface area contributed by atoms with E-state index < -0.39 is 0 Å². The molecule has 2 N–H and O–H groups in total. The van der Waals surface area contributed by atoms with Crippen molar-refractivity contribution in [2.45, 2.75) is 65.2 Å². The second-order valence-electron chi connectivity index (χ2n) is 6.63. The Bertz CT molecular complexity index is 561. The quantitative estimate of drug-likeness (QED) is 0.680. The van der Waals surface area contributed by atoms with E-state index >= 15 is 0 Å². The molecule has 3 heteroatoms. The number of carbonyl (C=O) groups is 1. The van der Waals surface area contributed by atoms with Crippen LogP contribution in [0.5, 0.6) is 0 Å². The lowest BCUT2D eigenvalue weighted by Crippen LogP contribution is -2.30. The first-order chi connectivity index (χ1) is 11.1. The van der Waals surface area contributed by atoms with Gasteiger partial charge in [0.05, 0.1) is 0 Å². The van der Waals surface area contributed by atoms with E-state index in [1.165, 1.54) is 42.4 Å². The minimum Gasteiger partial charge on any atom is -0.338 e. The number of amides is 2. The number of aryl methyl sites for hydroxylation is 1. The first kappa shape index (κ1) is 17.6. The molecule has 1 aromatic carbocycles. The number of anilines is 1. The molecule has 2 rings (SSSR count). The number of rotatable bonds is 6. The molecule has 1 aliphatic carbocycles. The van der Waals surface area contributed by atoms with Gasteiger partial charge in [0.1, 0.15) is 0 Å². The predicted octanol–water partition coefficient (Wildman–Crippen LogP) is 5.38. The van der Waals surface area contributed by atoms with Crippen LogP contribution in [-0.2, 0) is 6.42 Å². The number of hydrogen-bond donors (Lipinski definition) is 2. The summed E-state index contributed by atoms with van der Waals surface area (Å²) >= 11 is 0.